The van der Waals surface area contributed by atoms with Crippen molar-refractivity contribution in [3.63, 3.8) is 0 Å². The van der Waals surface area contributed by atoms with Crippen molar-refractivity contribution in [3.05, 3.63) is 81.8 Å². The second-order valence-electron chi connectivity index (χ2n) is 6.85. The van der Waals surface area contributed by atoms with Crippen LogP contribution in [0.2, 0.25) is 0 Å². The van der Waals surface area contributed by atoms with Gasteiger partial charge in [-0.1, -0.05) is 12.1 Å². The van der Waals surface area contributed by atoms with E-state index in [-0.39, 0.29) is 29.4 Å². The number of rotatable bonds is 5. The van der Waals surface area contributed by atoms with Crippen LogP contribution in [0.4, 0.5) is 10.1 Å². The molecule has 1 N–H and O–H groups in total. The van der Waals surface area contributed by atoms with E-state index in [2.05, 4.69) is 10.4 Å². The Morgan fingerprint density at radius 2 is 2.04 bits per heavy atom. The van der Waals surface area contributed by atoms with E-state index < -0.39 is 4.92 Å². The van der Waals surface area contributed by atoms with Gasteiger partial charge in [0.1, 0.15) is 11.5 Å². The summed E-state index contributed by atoms with van der Waals surface area (Å²) in [5, 5.41) is 18.1. The lowest BCUT2D eigenvalue weighted by atomic mass is 10.1. The van der Waals surface area contributed by atoms with Gasteiger partial charge in [0, 0.05) is 42.9 Å². The molecule has 0 bridgehead atoms. The van der Waals surface area contributed by atoms with E-state index in [9.17, 15) is 19.3 Å². The van der Waals surface area contributed by atoms with Crippen LogP contribution in [-0.4, -0.2) is 26.7 Å². The van der Waals surface area contributed by atoms with E-state index in [1.54, 1.807) is 31.4 Å². The van der Waals surface area contributed by atoms with Crippen LogP contribution >= 0.6 is 0 Å². The van der Waals surface area contributed by atoms with Gasteiger partial charge in [-0.15, -0.1) is 0 Å². The number of hydrogen-bond donors (Lipinski definition) is 1. The van der Waals surface area contributed by atoms with Crippen LogP contribution in [0.5, 0.6) is 0 Å². The van der Waals surface area contributed by atoms with Crippen LogP contribution in [0.3, 0.4) is 0 Å². The van der Waals surface area contributed by atoms with Crippen molar-refractivity contribution in [2.24, 2.45) is 7.05 Å². The summed E-state index contributed by atoms with van der Waals surface area (Å²) in [5.74, 6) is -0.466. The summed E-state index contributed by atoms with van der Waals surface area (Å²) in [6.07, 6.45) is 2.37. The molecule has 1 amide bonds. The minimum Gasteiger partial charge on any atom is -0.349 e. The Labute approximate surface area is 160 Å². The van der Waals surface area contributed by atoms with Crippen LogP contribution in [-0.2, 0) is 7.05 Å². The van der Waals surface area contributed by atoms with E-state index in [0.29, 0.717) is 16.8 Å². The number of halogens is 1. The summed E-state index contributed by atoms with van der Waals surface area (Å²) in [6, 6.07) is 12.3. The second-order valence-corrected chi connectivity index (χ2v) is 6.85. The van der Waals surface area contributed by atoms with Crippen LogP contribution < -0.4 is 5.32 Å². The van der Waals surface area contributed by atoms with Gasteiger partial charge in [0.05, 0.1) is 10.5 Å². The number of carbonyl (C=O) groups is 1. The third kappa shape index (κ3) is 3.48. The first-order valence-electron chi connectivity index (χ1n) is 8.77. The molecular weight excluding hydrogens is 363 g/mol. The van der Waals surface area contributed by atoms with Crippen LogP contribution in [0.1, 0.15) is 28.3 Å². The lowest BCUT2D eigenvalue weighted by Gasteiger charge is -2.06. The van der Waals surface area contributed by atoms with Gasteiger partial charge in [0.25, 0.3) is 11.6 Å². The molecule has 142 valence electrons. The van der Waals surface area contributed by atoms with Gasteiger partial charge in [-0.05, 0) is 36.2 Å². The maximum Gasteiger partial charge on any atom is 0.269 e. The Kier molecular flexibility index (Phi) is 4.38. The number of amides is 1. The molecule has 1 heterocycles. The van der Waals surface area contributed by atoms with Gasteiger partial charge in [-0.3, -0.25) is 19.6 Å². The second kappa shape index (κ2) is 6.88. The van der Waals surface area contributed by atoms with Gasteiger partial charge in [0.2, 0.25) is 0 Å². The number of nitro groups is 1. The van der Waals surface area contributed by atoms with Crippen LogP contribution in [0.25, 0.3) is 11.3 Å². The third-order valence-electron chi connectivity index (χ3n) is 4.81. The third-order valence-corrected chi connectivity index (χ3v) is 4.81. The Hall–Kier alpha value is -3.55. The molecule has 0 saturated heterocycles. The number of nitrogens with zero attached hydrogens (tertiary/aromatic N) is 3. The van der Waals surface area contributed by atoms with Gasteiger partial charge >= 0.3 is 0 Å². The first-order valence-corrected chi connectivity index (χ1v) is 8.77. The summed E-state index contributed by atoms with van der Waals surface area (Å²) in [7, 11) is 1.71. The lowest BCUT2D eigenvalue weighted by molar-refractivity contribution is -0.384. The van der Waals surface area contributed by atoms with Gasteiger partial charge in [-0.25, -0.2) is 4.39 Å². The normalized spacial score (nSPS) is 17.9. The fourth-order valence-electron chi connectivity index (χ4n) is 3.32. The molecule has 1 saturated carbocycles. The van der Waals surface area contributed by atoms with Gasteiger partial charge < -0.3 is 5.32 Å². The quantitative estimate of drug-likeness (QED) is 0.542. The molecule has 3 aromatic rings. The lowest BCUT2D eigenvalue weighted by Crippen LogP contribution is -2.26. The zero-order chi connectivity index (χ0) is 19.8. The Morgan fingerprint density at radius 3 is 2.71 bits per heavy atom. The highest BCUT2D eigenvalue weighted by atomic mass is 19.1. The summed E-state index contributed by atoms with van der Waals surface area (Å²) in [4.78, 5) is 23.1. The molecule has 28 heavy (non-hydrogen) atoms. The summed E-state index contributed by atoms with van der Waals surface area (Å²) in [6.45, 7) is 0. The first-order chi connectivity index (χ1) is 13.4. The van der Waals surface area contributed by atoms with Crippen LogP contribution in [0, 0.1) is 15.9 Å². The van der Waals surface area contributed by atoms with E-state index in [0.717, 1.165) is 12.0 Å². The Bertz CT molecular complexity index is 1060. The van der Waals surface area contributed by atoms with Gasteiger partial charge in [0.15, 0.2) is 0 Å². The molecule has 1 aliphatic carbocycles. The van der Waals surface area contributed by atoms with Crippen LogP contribution in [0.15, 0.2) is 54.7 Å². The fourth-order valence-corrected chi connectivity index (χ4v) is 3.32. The number of aryl methyl sites for hydroxylation is 1. The number of aromatic nitrogens is 2. The molecule has 7 nitrogen and oxygen atoms in total. The summed E-state index contributed by atoms with van der Waals surface area (Å²) >= 11 is 0. The van der Waals surface area contributed by atoms with Gasteiger partial charge in [-0.2, -0.15) is 5.10 Å². The molecule has 1 fully saturated rings. The maximum atomic E-state index is 13.4. The highest BCUT2D eigenvalue weighted by Crippen LogP contribution is 2.41. The van der Waals surface area contributed by atoms with Crippen molar-refractivity contribution in [1.82, 2.24) is 15.1 Å². The number of hydrogen-bond acceptors (Lipinski definition) is 4. The monoisotopic (exact) mass is 380 g/mol. The molecule has 1 aliphatic rings. The molecule has 0 radical (unpaired) electrons. The molecule has 0 unspecified atom stereocenters. The standard InChI is InChI=1S/C20H17FN4O3/c1-24-11-17(19(23-24)12-5-7-15(8-6-12)25(27)28)20(26)22-18-10-16(18)13-3-2-4-14(21)9-13/h2-9,11,16,18H,10H2,1H3,(H,22,26)/t16-,18+/m1/s1. The van der Waals surface area contributed by atoms with E-state index in [1.165, 1.54) is 28.9 Å². The average Bonchev–Trinajstić information content (AvgIpc) is 3.32. The number of nitrogens with one attached hydrogen (secondary N) is 1. The first kappa shape index (κ1) is 17.8. The molecule has 4 rings (SSSR count). The predicted octanol–water partition coefficient (Wildman–Crippen LogP) is 3.42. The van der Waals surface area contributed by atoms with Crippen molar-refractivity contribution in [2.45, 2.75) is 18.4 Å². The minimum absolute atomic E-state index is 0.0263. The minimum atomic E-state index is -0.477. The largest absolute Gasteiger partial charge is 0.349 e. The molecule has 2 atom stereocenters. The summed E-state index contributed by atoms with van der Waals surface area (Å²) < 4.78 is 14.9. The topological polar surface area (TPSA) is 90.1 Å². The Balaban J connectivity index is 1.52. The zero-order valence-electron chi connectivity index (χ0n) is 15.0. The number of non-ortho nitro benzene ring substituents is 1. The van der Waals surface area contributed by atoms with E-state index in [4.69, 9.17) is 0 Å². The molecule has 2 aromatic carbocycles. The Morgan fingerprint density at radius 1 is 1.29 bits per heavy atom. The molecule has 0 aliphatic heterocycles. The highest BCUT2D eigenvalue weighted by Gasteiger charge is 2.40. The molecule has 0 spiro atoms. The van der Waals surface area contributed by atoms with Crippen molar-refractivity contribution >= 4 is 11.6 Å². The average molecular weight is 380 g/mol. The van der Waals surface area contributed by atoms with E-state index in [1.807, 2.05) is 6.07 Å². The number of benzene rings is 2. The molecule has 8 heteroatoms. The smallest absolute Gasteiger partial charge is 0.269 e. The maximum absolute atomic E-state index is 13.4. The SMILES string of the molecule is Cn1cc(C(=O)N[C@H]2C[C@@H]2c2cccc(F)c2)c(-c2ccc([N+](=O)[O-])cc2)n1. The number of carbonyl (C=O) groups excluding carboxylic acids is 1. The van der Waals surface area contributed by atoms with Crippen molar-refractivity contribution in [3.8, 4) is 11.3 Å². The zero-order valence-corrected chi connectivity index (χ0v) is 15.0. The fraction of sp³-hybridized carbons (Fsp3) is 0.200. The summed E-state index contributed by atoms with van der Waals surface area (Å²) in [5.41, 5.74) is 2.31. The predicted molar refractivity (Wildman–Crippen MR) is 100 cm³/mol. The highest BCUT2D eigenvalue weighted by molar-refractivity contribution is 6.00. The van der Waals surface area contributed by atoms with Crippen molar-refractivity contribution in [2.75, 3.05) is 0 Å². The van der Waals surface area contributed by atoms with E-state index >= 15 is 0 Å². The molecular formula is C20H17FN4O3. The van der Waals surface area contributed by atoms with Crippen molar-refractivity contribution < 1.29 is 14.1 Å². The van der Waals surface area contributed by atoms with Crippen molar-refractivity contribution in [1.29, 1.82) is 0 Å². The molecule has 1 aromatic heterocycles. The number of nitro benzene ring substituents is 1.